The van der Waals surface area contributed by atoms with Gasteiger partial charge >= 0.3 is 0 Å². The average Bonchev–Trinajstić information content (AvgIpc) is 3.15. The molecule has 1 aromatic heterocycles. The van der Waals surface area contributed by atoms with Crippen molar-refractivity contribution in [3.8, 4) is 5.75 Å². The third-order valence-corrected chi connectivity index (χ3v) is 3.41. The first kappa shape index (κ1) is 11.7. The third-order valence-electron chi connectivity index (χ3n) is 3.41. The van der Waals surface area contributed by atoms with E-state index in [0.717, 1.165) is 22.3 Å². The summed E-state index contributed by atoms with van der Waals surface area (Å²) in [6.45, 7) is 0. The number of anilines is 2. The number of phenols is 1. The van der Waals surface area contributed by atoms with Crippen LogP contribution in [0.25, 0.3) is 10.9 Å². The van der Waals surface area contributed by atoms with Crippen LogP contribution in [-0.4, -0.2) is 16.4 Å². The molecule has 21 heavy (non-hydrogen) atoms. The van der Waals surface area contributed by atoms with Crippen LogP contribution >= 0.6 is 0 Å². The molecule has 0 spiro atoms. The molecule has 0 unspecified atom stereocenters. The summed E-state index contributed by atoms with van der Waals surface area (Å²) in [6, 6.07) is 15.1. The van der Waals surface area contributed by atoms with Gasteiger partial charge in [0.1, 0.15) is 12.1 Å². The summed E-state index contributed by atoms with van der Waals surface area (Å²) >= 11 is 0. The summed E-state index contributed by atoms with van der Waals surface area (Å²) in [5.41, 5.74) is 5.71. The number of hydrazone groups is 1. The van der Waals surface area contributed by atoms with Gasteiger partial charge in [0.25, 0.3) is 0 Å². The van der Waals surface area contributed by atoms with Gasteiger partial charge in [-0.1, -0.05) is 12.1 Å². The van der Waals surface area contributed by atoms with Crippen LogP contribution in [0.2, 0.25) is 0 Å². The van der Waals surface area contributed by atoms with E-state index in [1.165, 1.54) is 0 Å². The van der Waals surface area contributed by atoms with Crippen LogP contribution in [0.5, 0.6) is 5.75 Å². The number of hydrogen-bond acceptors (Lipinski definition) is 5. The van der Waals surface area contributed by atoms with E-state index in [0.29, 0.717) is 0 Å². The lowest BCUT2D eigenvalue weighted by atomic mass is 10.2. The lowest BCUT2D eigenvalue weighted by Gasteiger charge is -2.28. The van der Waals surface area contributed by atoms with Crippen molar-refractivity contribution in [3.63, 3.8) is 0 Å². The van der Waals surface area contributed by atoms with Gasteiger partial charge in [0, 0.05) is 17.8 Å². The second-order valence-corrected chi connectivity index (χ2v) is 4.77. The number of phenolic OH excluding ortho intramolecular Hbond substituents is 1. The van der Waals surface area contributed by atoms with E-state index in [1.807, 2.05) is 41.5 Å². The number of benzene rings is 2. The molecule has 0 bridgehead atoms. The SMILES string of the molecule is Oc1cccc(N2NN=CN2c2ccc3cc[nH]c3c2)c1. The molecule has 6 nitrogen and oxygen atoms in total. The second kappa shape index (κ2) is 4.45. The van der Waals surface area contributed by atoms with E-state index in [1.54, 1.807) is 29.7 Å². The number of aromatic nitrogens is 1. The molecule has 3 N–H and O–H groups in total. The van der Waals surface area contributed by atoms with Gasteiger partial charge in [-0.05, 0) is 35.7 Å². The predicted octanol–water partition coefficient (Wildman–Crippen LogP) is 2.56. The Morgan fingerprint density at radius 1 is 1.00 bits per heavy atom. The first-order valence-corrected chi connectivity index (χ1v) is 6.55. The van der Waals surface area contributed by atoms with Crippen LogP contribution in [0.1, 0.15) is 0 Å². The molecule has 0 amide bonds. The highest BCUT2D eigenvalue weighted by molar-refractivity contribution is 5.90. The Bertz CT molecular complexity index is 826. The van der Waals surface area contributed by atoms with Crippen molar-refractivity contribution in [1.82, 2.24) is 10.5 Å². The molecule has 6 heteroatoms. The van der Waals surface area contributed by atoms with E-state index in [4.69, 9.17) is 0 Å². The first-order chi connectivity index (χ1) is 10.3. The molecular weight excluding hydrogens is 266 g/mol. The van der Waals surface area contributed by atoms with Crippen molar-refractivity contribution in [2.24, 2.45) is 5.10 Å². The fraction of sp³-hybridized carbons (Fsp3) is 0. The summed E-state index contributed by atoms with van der Waals surface area (Å²) in [4.78, 5) is 3.20. The minimum absolute atomic E-state index is 0.209. The topological polar surface area (TPSA) is 66.9 Å². The summed E-state index contributed by atoms with van der Waals surface area (Å²) in [6.07, 6.45) is 3.60. The number of aromatic amines is 1. The Kier molecular flexibility index (Phi) is 2.47. The highest BCUT2D eigenvalue weighted by Crippen LogP contribution is 2.27. The molecule has 4 rings (SSSR count). The number of nitrogens with one attached hydrogen (secondary N) is 2. The molecule has 3 aromatic rings. The van der Waals surface area contributed by atoms with E-state index >= 15 is 0 Å². The Balaban J connectivity index is 1.74. The molecule has 0 radical (unpaired) electrons. The van der Waals surface area contributed by atoms with Crippen LogP contribution < -0.4 is 15.7 Å². The minimum Gasteiger partial charge on any atom is -0.508 e. The molecule has 2 heterocycles. The Morgan fingerprint density at radius 2 is 1.95 bits per heavy atom. The third kappa shape index (κ3) is 1.93. The molecule has 1 aliphatic rings. The smallest absolute Gasteiger partial charge is 0.139 e. The number of nitrogens with zero attached hydrogens (tertiary/aromatic N) is 3. The average molecular weight is 279 g/mol. The lowest BCUT2D eigenvalue weighted by molar-refractivity contribution is 0.475. The highest BCUT2D eigenvalue weighted by atomic mass is 16.3. The van der Waals surface area contributed by atoms with E-state index < -0.39 is 0 Å². The van der Waals surface area contributed by atoms with Crippen molar-refractivity contribution in [2.45, 2.75) is 0 Å². The molecule has 0 atom stereocenters. The summed E-state index contributed by atoms with van der Waals surface area (Å²) in [7, 11) is 0. The first-order valence-electron chi connectivity index (χ1n) is 6.55. The second-order valence-electron chi connectivity index (χ2n) is 4.77. The maximum atomic E-state index is 9.63. The molecule has 0 saturated carbocycles. The van der Waals surface area contributed by atoms with E-state index in [9.17, 15) is 5.11 Å². The fourth-order valence-electron chi connectivity index (χ4n) is 2.40. The summed E-state index contributed by atoms with van der Waals surface area (Å²) < 4.78 is 0. The highest BCUT2D eigenvalue weighted by Gasteiger charge is 2.20. The van der Waals surface area contributed by atoms with Crippen LogP contribution in [0.3, 0.4) is 0 Å². The van der Waals surface area contributed by atoms with Gasteiger partial charge in [-0.15, -0.1) is 5.10 Å². The largest absolute Gasteiger partial charge is 0.508 e. The summed E-state index contributed by atoms with van der Waals surface area (Å²) in [5.74, 6) is 0.209. The van der Waals surface area contributed by atoms with Crippen LogP contribution in [0.15, 0.2) is 59.8 Å². The van der Waals surface area contributed by atoms with Crippen molar-refractivity contribution >= 4 is 28.6 Å². The molecular formula is C15H13N5O. The zero-order valence-corrected chi connectivity index (χ0v) is 11.1. The monoisotopic (exact) mass is 279 g/mol. The number of hydrazine groups is 2. The molecule has 0 fully saturated rings. The van der Waals surface area contributed by atoms with Gasteiger partial charge in [-0.25, -0.2) is 5.01 Å². The van der Waals surface area contributed by atoms with Gasteiger partial charge in [-0.3, -0.25) is 0 Å². The molecule has 0 aliphatic carbocycles. The Morgan fingerprint density at radius 3 is 2.86 bits per heavy atom. The quantitative estimate of drug-likeness (QED) is 0.674. The zero-order valence-electron chi connectivity index (χ0n) is 11.1. The zero-order chi connectivity index (χ0) is 14.2. The fourth-order valence-corrected chi connectivity index (χ4v) is 2.40. The van der Waals surface area contributed by atoms with Gasteiger partial charge < -0.3 is 10.1 Å². The minimum atomic E-state index is 0.209. The maximum absolute atomic E-state index is 9.63. The molecule has 104 valence electrons. The van der Waals surface area contributed by atoms with Gasteiger partial charge in [0.05, 0.1) is 11.4 Å². The number of rotatable bonds is 2. The van der Waals surface area contributed by atoms with Crippen molar-refractivity contribution in [1.29, 1.82) is 0 Å². The number of H-pyrrole nitrogens is 1. The molecule has 1 aliphatic heterocycles. The lowest BCUT2D eigenvalue weighted by Crippen LogP contribution is -2.43. The van der Waals surface area contributed by atoms with Crippen LogP contribution in [0, 0.1) is 0 Å². The van der Waals surface area contributed by atoms with Gasteiger partial charge in [0.15, 0.2) is 0 Å². The molecule has 0 saturated heterocycles. The number of hydrogen-bond donors (Lipinski definition) is 3. The standard InChI is InChI=1S/C15H13N5O/c21-14-3-1-2-13(8-14)20-18-17-10-19(20)12-5-4-11-6-7-16-15(11)9-12/h1-10,16,18,21H. The number of aromatic hydroxyl groups is 1. The molecule has 2 aromatic carbocycles. The Hall–Kier alpha value is -3.15. The Labute approximate surface area is 120 Å². The summed E-state index contributed by atoms with van der Waals surface area (Å²) in [5, 5.41) is 18.5. The van der Waals surface area contributed by atoms with Crippen molar-refractivity contribution in [3.05, 3.63) is 54.7 Å². The van der Waals surface area contributed by atoms with Crippen molar-refractivity contribution < 1.29 is 5.11 Å². The maximum Gasteiger partial charge on any atom is 0.139 e. The van der Waals surface area contributed by atoms with Crippen LogP contribution in [0.4, 0.5) is 11.4 Å². The number of fused-ring (bicyclic) bond motifs is 1. The van der Waals surface area contributed by atoms with E-state index in [2.05, 4.69) is 15.6 Å². The normalized spacial score (nSPS) is 13.9. The predicted molar refractivity (Wildman–Crippen MR) is 83.0 cm³/mol. The van der Waals surface area contributed by atoms with E-state index in [-0.39, 0.29) is 5.75 Å². The van der Waals surface area contributed by atoms with Crippen molar-refractivity contribution in [2.75, 3.05) is 10.1 Å². The van der Waals surface area contributed by atoms with Crippen LogP contribution in [-0.2, 0) is 0 Å². The van der Waals surface area contributed by atoms with Gasteiger partial charge in [0.2, 0.25) is 0 Å². The van der Waals surface area contributed by atoms with Gasteiger partial charge in [-0.2, -0.15) is 10.7 Å².